The van der Waals surface area contributed by atoms with E-state index in [-0.39, 0.29) is 23.6 Å². The summed E-state index contributed by atoms with van der Waals surface area (Å²) in [6, 6.07) is 0. The fraction of sp³-hybridized carbons (Fsp3) is 0.943. The number of nitrogens with one attached hydrogen (secondary N) is 4. The fourth-order valence-corrected chi connectivity index (χ4v) is 11.1. The maximum Gasteiger partial charge on any atom is 0.221 e. The van der Waals surface area contributed by atoms with Crippen LogP contribution in [0.25, 0.3) is 0 Å². The molecule has 4 N–H and O–H groups in total. The number of unbranched alkanes of at least 4 members (excludes halogenated alkanes) is 44. The molecule has 4 amide bonds. The average molecular weight is 1130 g/mol. The van der Waals surface area contributed by atoms with Crippen molar-refractivity contribution in [3.8, 4) is 0 Å². The van der Waals surface area contributed by atoms with Crippen LogP contribution in [0.5, 0.6) is 0 Å². The zero-order valence-corrected chi connectivity index (χ0v) is 54.4. The van der Waals surface area contributed by atoms with Crippen LogP contribution in [0, 0.1) is 0 Å². The minimum atomic E-state index is 0.0704. The van der Waals surface area contributed by atoms with E-state index in [0.717, 1.165) is 51.4 Å². The Balaban J connectivity index is 5.24. The van der Waals surface area contributed by atoms with Crippen molar-refractivity contribution in [3.05, 3.63) is 0 Å². The third-order valence-corrected chi connectivity index (χ3v) is 16.8. The van der Waals surface area contributed by atoms with E-state index in [1.165, 1.54) is 257 Å². The van der Waals surface area contributed by atoms with Gasteiger partial charge in [0.05, 0.1) is 0 Å². The molecule has 0 atom stereocenters. The van der Waals surface area contributed by atoms with Gasteiger partial charge in [0.2, 0.25) is 23.6 Å². The van der Waals surface area contributed by atoms with Crippen LogP contribution >= 0.6 is 0 Å². The summed E-state index contributed by atoms with van der Waals surface area (Å²) in [6.45, 7) is 15.6. The summed E-state index contributed by atoms with van der Waals surface area (Å²) in [5.41, 5.74) is 0. The molecule has 0 saturated heterocycles. The standard InChI is InChI=1S/C70H140N6O4/c1-5-9-13-17-21-25-29-33-37-41-45-49-57-71-67(77)53-61-75(62-54-68(78)72-58-50-46-42-38-34-30-26-22-18-14-10-6-2)65-66-76(63-55-69(79)73-59-51-47-43-39-35-31-27-23-19-15-11-7-3)64-56-70(80)74-60-52-48-44-40-36-32-28-24-20-16-12-8-4/h5-66H2,1-4H3,(H,71,77)(H,72,78)(H,73,79)(H,74,80). The predicted octanol–water partition coefficient (Wildman–Crippen LogP) is 18.4. The molecule has 0 aromatic rings. The Kier molecular flexibility index (Phi) is 64.1. The van der Waals surface area contributed by atoms with Crippen LogP contribution in [0.2, 0.25) is 0 Å². The van der Waals surface area contributed by atoms with Crippen molar-refractivity contribution in [3.63, 3.8) is 0 Å². The van der Waals surface area contributed by atoms with Gasteiger partial charge in [-0.2, -0.15) is 0 Å². The first-order valence-corrected chi connectivity index (χ1v) is 35.9. The number of carbonyl (C=O) groups is 4. The molecule has 0 heterocycles. The quantitative estimate of drug-likeness (QED) is 0.0450. The molecular formula is C70H140N6O4. The lowest BCUT2D eigenvalue weighted by Gasteiger charge is -2.27. The van der Waals surface area contributed by atoms with E-state index in [1.54, 1.807) is 0 Å². The van der Waals surface area contributed by atoms with Crippen LogP contribution in [-0.4, -0.2) is 98.9 Å². The predicted molar refractivity (Wildman–Crippen MR) is 348 cm³/mol. The first-order valence-electron chi connectivity index (χ1n) is 35.9. The van der Waals surface area contributed by atoms with Gasteiger partial charge in [0.1, 0.15) is 0 Å². The SMILES string of the molecule is CCCCCCCCCCCCCCNC(=O)CCN(CCC(=O)NCCCCCCCCCCCCCC)CCN(CCC(=O)NCCCCCCCCCCCCCC)CCC(=O)NCCCCCCCCCCCCCC. The second kappa shape index (κ2) is 65.9. The molecule has 0 radical (unpaired) electrons. The van der Waals surface area contributed by atoms with Gasteiger partial charge < -0.3 is 31.1 Å². The summed E-state index contributed by atoms with van der Waals surface area (Å²) in [5.74, 6) is 0.282. The van der Waals surface area contributed by atoms with Crippen LogP contribution in [0.4, 0.5) is 0 Å². The number of carbonyl (C=O) groups excluding carboxylic acids is 4. The van der Waals surface area contributed by atoms with Gasteiger partial charge in [0.25, 0.3) is 0 Å². The highest BCUT2D eigenvalue weighted by molar-refractivity contribution is 5.77. The van der Waals surface area contributed by atoms with Crippen LogP contribution < -0.4 is 21.3 Å². The third kappa shape index (κ3) is 61.9. The molecule has 0 bridgehead atoms. The van der Waals surface area contributed by atoms with Gasteiger partial charge in [-0.15, -0.1) is 0 Å². The van der Waals surface area contributed by atoms with Gasteiger partial charge in [-0.05, 0) is 25.7 Å². The van der Waals surface area contributed by atoms with Gasteiger partial charge in [-0.1, -0.05) is 310 Å². The summed E-state index contributed by atoms with van der Waals surface area (Å²) in [7, 11) is 0. The Bertz CT molecular complexity index is 1110. The fourth-order valence-electron chi connectivity index (χ4n) is 11.1. The van der Waals surface area contributed by atoms with Crippen LogP contribution in [0.3, 0.4) is 0 Å². The maximum absolute atomic E-state index is 13.2. The molecule has 0 unspecified atom stereocenters. The monoisotopic (exact) mass is 1130 g/mol. The van der Waals surface area contributed by atoms with Gasteiger partial charge in [0, 0.05) is 91.1 Å². The highest BCUT2D eigenvalue weighted by Crippen LogP contribution is 2.16. The largest absolute Gasteiger partial charge is 0.356 e. The Morgan fingerprint density at radius 3 is 0.487 bits per heavy atom. The molecular weight excluding hydrogens is 989 g/mol. The second-order valence-corrected chi connectivity index (χ2v) is 24.6. The van der Waals surface area contributed by atoms with Gasteiger partial charge in [-0.3, -0.25) is 19.2 Å². The van der Waals surface area contributed by atoms with Gasteiger partial charge >= 0.3 is 0 Å². The zero-order valence-electron chi connectivity index (χ0n) is 54.4. The Labute approximate surface area is 498 Å². The Hall–Kier alpha value is -2.20. The molecule has 80 heavy (non-hydrogen) atoms. The van der Waals surface area contributed by atoms with E-state index in [1.807, 2.05) is 0 Å². The Morgan fingerprint density at radius 2 is 0.338 bits per heavy atom. The minimum Gasteiger partial charge on any atom is -0.356 e. The molecule has 0 saturated carbocycles. The van der Waals surface area contributed by atoms with Crippen molar-refractivity contribution >= 4 is 23.6 Å². The number of rotatable bonds is 67. The first-order chi connectivity index (χ1) is 39.4. The van der Waals surface area contributed by atoms with E-state index < -0.39 is 0 Å². The molecule has 0 aliphatic heterocycles. The zero-order chi connectivity index (χ0) is 58.1. The number of amides is 4. The van der Waals surface area contributed by atoms with Crippen molar-refractivity contribution in [1.82, 2.24) is 31.1 Å². The molecule has 10 nitrogen and oxygen atoms in total. The van der Waals surface area contributed by atoms with Crippen LogP contribution in [0.1, 0.15) is 362 Å². The molecule has 10 heteroatoms. The molecule has 0 aromatic carbocycles. The topological polar surface area (TPSA) is 123 Å². The van der Waals surface area contributed by atoms with Crippen molar-refractivity contribution in [1.29, 1.82) is 0 Å². The molecule has 0 aliphatic rings. The lowest BCUT2D eigenvalue weighted by molar-refractivity contribution is -0.123. The average Bonchev–Trinajstić information content (AvgIpc) is 3.46. The highest BCUT2D eigenvalue weighted by Gasteiger charge is 2.16. The number of hydrogen-bond acceptors (Lipinski definition) is 6. The lowest BCUT2D eigenvalue weighted by atomic mass is 10.1. The van der Waals surface area contributed by atoms with Crippen molar-refractivity contribution in [2.24, 2.45) is 0 Å². The smallest absolute Gasteiger partial charge is 0.221 e. The number of hydrogen-bond donors (Lipinski definition) is 4. The second-order valence-electron chi connectivity index (χ2n) is 24.6. The molecule has 0 aromatic heterocycles. The molecule has 0 rings (SSSR count). The first kappa shape index (κ1) is 77.8. The van der Waals surface area contributed by atoms with Gasteiger partial charge in [-0.25, -0.2) is 0 Å². The van der Waals surface area contributed by atoms with E-state index in [2.05, 4.69) is 58.8 Å². The highest BCUT2D eigenvalue weighted by atomic mass is 16.2. The van der Waals surface area contributed by atoms with Crippen LogP contribution in [-0.2, 0) is 19.2 Å². The normalized spacial score (nSPS) is 11.5. The molecule has 0 aliphatic carbocycles. The Morgan fingerprint density at radius 1 is 0.200 bits per heavy atom. The lowest BCUT2D eigenvalue weighted by Crippen LogP contribution is -2.41. The maximum atomic E-state index is 13.2. The molecule has 0 spiro atoms. The third-order valence-electron chi connectivity index (χ3n) is 16.8. The molecule has 474 valence electrons. The van der Waals surface area contributed by atoms with E-state index in [0.29, 0.717) is 91.1 Å². The minimum absolute atomic E-state index is 0.0704. The summed E-state index contributed by atoms with van der Waals surface area (Å²) in [6.07, 6.45) is 63.8. The van der Waals surface area contributed by atoms with Crippen molar-refractivity contribution < 1.29 is 19.2 Å². The van der Waals surface area contributed by atoms with E-state index in [9.17, 15) is 19.2 Å². The summed E-state index contributed by atoms with van der Waals surface area (Å²) in [4.78, 5) is 57.2. The summed E-state index contributed by atoms with van der Waals surface area (Å²) >= 11 is 0. The number of nitrogens with zero attached hydrogens (tertiary/aromatic N) is 2. The van der Waals surface area contributed by atoms with Crippen molar-refractivity contribution in [2.75, 3.05) is 65.4 Å². The molecule has 0 fully saturated rings. The van der Waals surface area contributed by atoms with Crippen LogP contribution in [0.15, 0.2) is 0 Å². The van der Waals surface area contributed by atoms with E-state index >= 15 is 0 Å². The summed E-state index contributed by atoms with van der Waals surface area (Å²) < 4.78 is 0. The van der Waals surface area contributed by atoms with Crippen molar-refractivity contribution in [2.45, 2.75) is 362 Å². The summed E-state index contributed by atoms with van der Waals surface area (Å²) in [5, 5.41) is 12.7. The van der Waals surface area contributed by atoms with E-state index in [4.69, 9.17) is 0 Å². The van der Waals surface area contributed by atoms with Gasteiger partial charge in [0.15, 0.2) is 0 Å².